The lowest BCUT2D eigenvalue weighted by Gasteiger charge is -2.33. The molecular weight excluding hydrogens is 182 g/mol. The number of nitrogens with one attached hydrogen (secondary N) is 1. The van der Waals surface area contributed by atoms with E-state index in [1.165, 1.54) is 18.6 Å². The summed E-state index contributed by atoms with van der Waals surface area (Å²) in [6.07, 6.45) is 3.45. The van der Waals surface area contributed by atoms with Crippen LogP contribution in [0.5, 0.6) is 0 Å². The van der Waals surface area contributed by atoms with Crippen LogP contribution in [-0.2, 0) is 4.79 Å². The Labute approximate surface area is 83.8 Å². The summed E-state index contributed by atoms with van der Waals surface area (Å²) in [5.41, 5.74) is 0. The minimum absolute atomic E-state index is 0.306. The first-order chi connectivity index (χ1) is 6.25. The Balaban J connectivity index is 1.72. The maximum atomic E-state index is 11.6. The average Bonchev–Trinajstić information content (AvgIpc) is 2.53. The van der Waals surface area contributed by atoms with Gasteiger partial charge < -0.3 is 5.32 Å². The highest BCUT2D eigenvalue weighted by Gasteiger charge is 2.30. The van der Waals surface area contributed by atoms with Crippen LogP contribution >= 0.6 is 11.8 Å². The van der Waals surface area contributed by atoms with Gasteiger partial charge in [0.2, 0.25) is 5.91 Å². The van der Waals surface area contributed by atoms with Crippen LogP contribution in [0.4, 0.5) is 0 Å². The summed E-state index contributed by atoms with van der Waals surface area (Å²) in [6, 6.07) is 0.494. The zero-order valence-corrected chi connectivity index (χ0v) is 8.90. The van der Waals surface area contributed by atoms with Crippen molar-refractivity contribution in [2.75, 3.05) is 11.5 Å². The number of rotatable bonds is 2. The number of thioether (sulfide) groups is 1. The maximum absolute atomic E-state index is 11.6. The van der Waals surface area contributed by atoms with Crippen LogP contribution in [0.15, 0.2) is 0 Å². The van der Waals surface area contributed by atoms with Crippen molar-refractivity contribution in [3.8, 4) is 0 Å². The van der Waals surface area contributed by atoms with E-state index in [0.29, 0.717) is 17.9 Å². The third-order valence-corrected chi connectivity index (χ3v) is 4.18. The summed E-state index contributed by atoms with van der Waals surface area (Å²) in [7, 11) is 0. The van der Waals surface area contributed by atoms with E-state index in [1.807, 2.05) is 11.8 Å². The largest absolute Gasteiger partial charge is 0.353 e. The molecule has 2 fully saturated rings. The monoisotopic (exact) mass is 199 g/mol. The van der Waals surface area contributed by atoms with Gasteiger partial charge in [0.15, 0.2) is 0 Å². The highest BCUT2D eigenvalue weighted by Crippen LogP contribution is 2.28. The Hall–Kier alpha value is -0.180. The summed E-state index contributed by atoms with van der Waals surface area (Å²) >= 11 is 1.90. The van der Waals surface area contributed by atoms with E-state index in [2.05, 4.69) is 12.2 Å². The number of carbonyl (C=O) groups excluding carboxylic acids is 1. The first kappa shape index (κ1) is 9.38. The molecule has 0 radical (unpaired) electrons. The fourth-order valence-electron chi connectivity index (χ4n) is 2.08. The molecule has 1 aliphatic heterocycles. The summed E-state index contributed by atoms with van der Waals surface area (Å²) in [6.45, 7) is 2.24. The molecule has 74 valence electrons. The lowest BCUT2D eigenvalue weighted by Crippen LogP contribution is -2.45. The maximum Gasteiger partial charge on any atom is 0.224 e. The van der Waals surface area contributed by atoms with Gasteiger partial charge in [-0.05, 0) is 30.9 Å². The third-order valence-electron chi connectivity index (χ3n) is 3.02. The topological polar surface area (TPSA) is 29.1 Å². The molecule has 1 heterocycles. The quantitative estimate of drug-likeness (QED) is 0.732. The number of carbonyl (C=O) groups is 1. The predicted molar refractivity (Wildman–Crippen MR) is 55.8 cm³/mol. The molecule has 2 aliphatic rings. The van der Waals surface area contributed by atoms with E-state index in [1.54, 1.807) is 0 Å². The second-order valence-corrected chi connectivity index (χ2v) is 5.49. The molecule has 0 aromatic carbocycles. The van der Waals surface area contributed by atoms with E-state index in [9.17, 15) is 4.79 Å². The van der Waals surface area contributed by atoms with Crippen molar-refractivity contribution >= 4 is 17.7 Å². The van der Waals surface area contributed by atoms with Crippen molar-refractivity contribution in [2.24, 2.45) is 11.8 Å². The SMILES string of the molecule is CC1CC(NC(=O)C2CCSC2)C1. The van der Waals surface area contributed by atoms with E-state index in [4.69, 9.17) is 0 Å². The second kappa shape index (κ2) is 3.91. The zero-order chi connectivity index (χ0) is 9.26. The highest BCUT2D eigenvalue weighted by molar-refractivity contribution is 7.99. The average molecular weight is 199 g/mol. The van der Waals surface area contributed by atoms with Crippen molar-refractivity contribution in [1.82, 2.24) is 5.32 Å². The molecular formula is C10H17NOS. The molecule has 1 unspecified atom stereocenters. The molecule has 1 saturated heterocycles. The molecule has 0 spiro atoms. The van der Waals surface area contributed by atoms with Crippen LogP contribution in [0.1, 0.15) is 26.2 Å². The normalized spacial score (nSPS) is 38.4. The van der Waals surface area contributed by atoms with Crippen molar-refractivity contribution in [1.29, 1.82) is 0 Å². The molecule has 1 amide bonds. The van der Waals surface area contributed by atoms with E-state index in [-0.39, 0.29) is 0 Å². The van der Waals surface area contributed by atoms with Crippen molar-refractivity contribution in [3.63, 3.8) is 0 Å². The first-order valence-electron chi connectivity index (χ1n) is 5.14. The molecule has 0 bridgehead atoms. The molecule has 1 aliphatic carbocycles. The Morgan fingerprint density at radius 2 is 2.23 bits per heavy atom. The molecule has 2 nitrogen and oxygen atoms in total. The van der Waals surface area contributed by atoms with Crippen molar-refractivity contribution in [2.45, 2.75) is 32.2 Å². The third kappa shape index (κ3) is 2.19. The number of hydrogen-bond acceptors (Lipinski definition) is 2. The lowest BCUT2D eigenvalue weighted by atomic mass is 9.81. The zero-order valence-electron chi connectivity index (χ0n) is 8.08. The van der Waals surface area contributed by atoms with Crippen LogP contribution in [0.2, 0.25) is 0 Å². The van der Waals surface area contributed by atoms with Gasteiger partial charge in [-0.25, -0.2) is 0 Å². The van der Waals surface area contributed by atoms with E-state index in [0.717, 1.165) is 18.1 Å². The van der Waals surface area contributed by atoms with Gasteiger partial charge >= 0.3 is 0 Å². The fraction of sp³-hybridized carbons (Fsp3) is 0.900. The molecule has 0 aromatic heterocycles. The summed E-state index contributed by atoms with van der Waals surface area (Å²) in [5, 5.41) is 3.14. The number of hydrogen-bond donors (Lipinski definition) is 1. The molecule has 13 heavy (non-hydrogen) atoms. The standard InChI is InChI=1S/C10H17NOS/c1-7-4-9(5-7)11-10(12)8-2-3-13-6-8/h7-9H,2-6H2,1H3,(H,11,12). The molecule has 0 aromatic rings. The Bertz CT molecular complexity index is 195. The molecule has 1 saturated carbocycles. The Morgan fingerprint density at radius 3 is 2.77 bits per heavy atom. The van der Waals surface area contributed by atoms with Gasteiger partial charge in [-0.2, -0.15) is 11.8 Å². The van der Waals surface area contributed by atoms with Crippen LogP contribution in [0.25, 0.3) is 0 Å². The molecule has 3 heteroatoms. The first-order valence-corrected chi connectivity index (χ1v) is 6.29. The summed E-state index contributed by atoms with van der Waals surface area (Å²) in [4.78, 5) is 11.6. The predicted octanol–water partition coefficient (Wildman–Crippen LogP) is 1.65. The molecule has 2 rings (SSSR count). The lowest BCUT2D eigenvalue weighted by molar-refractivity contribution is -0.125. The van der Waals surface area contributed by atoms with Gasteiger partial charge in [-0.1, -0.05) is 6.92 Å². The van der Waals surface area contributed by atoms with Crippen LogP contribution in [0.3, 0.4) is 0 Å². The van der Waals surface area contributed by atoms with Crippen LogP contribution in [0, 0.1) is 11.8 Å². The van der Waals surface area contributed by atoms with Crippen LogP contribution < -0.4 is 5.32 Å². The van der Waals surface area contributed by atoms with Gasteiger partial charge in [0, 0.05) is 17.7 Å². The van der Waals surface area contributed by atoms with E-state index < -0.39 is 0 Å². The van der Waals surface area contributed by atoms with Crippen molar-refractivity contribution < 1.29 is 4.79 Å². The Morgan fingerprint density at radius 1 is 1.46 bits per heavy atom. The smallest absolute Gasteiger partial charge is 0.224 e. The van der Waals surface area contributed by atoms with Crippen LogP contribution in [-0.4, -0.2) is 23.5 Å². The molecule has 1 N–H and O–H groups in total. The van der Waals surface area contributed by atoms with Gasteiger partial charge in [0.25, 0.3) is 0 Å². The summed E-state index contributed by atoms with van der Waals surface area (Å²) < 4.78 is 0. The Kier molecular flexibility index (Phi) is 2.82. The summed E-state index contributed by atoms with van der Waals surface area (Å²) in [5.74, 6) is 3.64. The van der Waals surface area contributed by atoms with Crippen molar-refractivity contribution in [3.05, 3.63) is 0 Å². The number of amides is 1. The van der Waals surface area contributed by atoms with Gasteiger partial charge in [0.1, 0.15) is 0 Å². The molecule has 1 atom stereocenters. The highest BCUT2D eigenvalue weighted by atomic mass is 32.2. The van der Waals surface area contributed by atoms with Gasteiger partial charge in [-0.15, -0.1) is 0 Å². The van der Waals surface area contributed by atoms with E-state index >= 15 is 0 Å². The minimum Gasteiger partial charge on any atom is -0.353 e. The van der Waals surface area contributed by atoms with Gasteiger partial charge in [0.05, 0.1) is 0 Å². The minimum atomic E-state index is 0.306. The second-order valence-electron chi connectivity index (χ2n) is 4.34. The fourth-order valence-corrected chi connectivity index (χ4v) is 3.30. The van der Waals surface area contributed by atoms with Gasteiger partial charge in [-0.3, -0.25) is 4.79 Å².